The zero-order valence-electron chi connectivity index (χ0n) is 16.2. The van der Waals surface area contributed by atoms with Gasteiger partial charge < -0.3 is 14.4 Å². The fourth-order valence-corrected chi connectivity index (χ4v) is 5.00. The molecule has 0 saturated carbocycles. The lowest BCUT2D eigenvalue weighted by molar-refractivity contribution is 0.122. The van der Waals surface area contributed by atoms with E-state index >= 15 is 0 Å². The highest BCUT2D eigenvalue weighted by molar-refractivity contribution is 7.92. The van der Waals surface area contributed by atoms with Gasteiger partial charge in [-0.2, -0.15) is 0 Å². The minimum Gasteiger partial charge on any atom is -0.496 e. The van der Waals surface area contributed by atoms with Crippen LogP contribution >= 0.6 is 0 Å². The zero-order valence-corrected chi connectivity index (χ0v) is 17.0. The first kappa shape index (κ1) is 19.5. The molecule has 1 N–H and O–H groups in total. The number of morpholine rings is 1. The lowest BCUT2D eigenvalue weighted by Crippen LogP contribution is -2.36. The van der Waals surface area contributed by atoms with Crippen molar-refractivity contribution in [2.24, 2.45) is 0 Å². The number of anilines is 2. The molecule has 0 bridgehead atoms. The molecule has 2 aromatic rings. The van der Waals surface area contributed by atoms with E-state index < -0.39 is 10.0 Å². The Balaban J connectivity index is 1.86. The quantitative estimate of drug-likeness (QED) is 0.849. The normalized spacial score (nSPS) is 14.9. The standard InChI is InChI=1S/C20H26N2O4S/c1-14-13-19(25-4)15(2)16(3)20(14)27(23,24)21-17-5-7-18(8-6-17)22-9-11-26-12-10-22/h5-8,13,21H,9-12H2,1-4H3. The SMILES string of the molecule is COc1cc(C)c(S(=O)(=O)Nc2ccc(N3CCOCC3)cc2)c(C)c1C. The Kier molecular flexibility index (Phi) is 5.62. The molecule has 1 saturated heterocycles. The Labute approximate surface area is 161 Å². The molecule has 0 amide bonds. The fourth-order valence-electron chi connectivity index (χ4n) is 3.41. The minimum absolute atomic E-state index is 0.304. The fraction of sp³-hybridized carbons (Fsp3) is 0.400. The minimum atomic E-state index is -3.70. The van der Waals surface area contributed by atoms with Gasteiger partial charge in [-0.15, -0.1) is 0 Å². The van der Waals surface area contributed by atoms with Gasteiger partial charge in [-0.1, -0.05) is 0 Å². The Hall–Kier alpha value is -2.25. The van der Waals surface area contributed by atoms with Crippen molar-refractivity contribution in [1.29, 1.82) is 0 Å². The molecule has 146 valence electrons. The van der Waals surface area contributed by atoms with E-state index in [-0.39, 0.29) is 0 Å². The number of aryl methyl sites for hydroxylation is 1. The van der Waals surface area contributed by atoms with Crippen LogP contribution in [0.2, 0.25) is 0 Å². The first-order valence-corrected chi connectivity index (χ1v) is 10.4. The van der Waals surface area contributed by atoms with Crippen molar-refractivity contribution in [3.05, 3.63) is 47.0 Å². The first-order valence-electron chi connectivity index (χ1n) is 8.94. The summed E-state index contributed by atoms with van der Waals surface area (Å²) < 4.78 is 39.4. The van der Waals surface area contributed by atoms with Gasteiger partial charge in [-0.05, 0) is 67.8 Å². The van der Waals surface area contributed by atoms with Gasteiger partial charge in [0.2, 0.25) is 0 Å². The molecular weight excluding hydrogens is 364 g/mol. The van der Waals surface area contributed by atoms with Crippen LogP contribution < -0.4 is 14.4 Å². The van der Waals surface area contributed by atoms with Crippen molar-refractivity contribution in [1.82, 2.24) is 0 Å². The second-order valence-electron chi connectivity index (χ2n) is 6.73. The summed E-state index contributed by atoms with van der Waals surface area (Å²) in [6.07, 6.45) is 0. The van der Waals surface area contributed by atoms with E-state index in [0.29, 0.717) is 40.7 Å². The largest absolute Gasteiger partial charge is 0.496 e. The maximum absolute atomic E-state index is 13.0. The van der Waals surface area contributed by atoms with E-state index in [2.05, 4.69) is 9.62 Å². The van der Waals surface area contributed by atoms with Crippen LogP contribution in [0.15, 0.2) is 35.2 Å². The molecule has 1 heterocycles. The van der Waals surface area contributed by atoms with Gasteiger partial charge in [0.25, 0.3) is 10.0 Å². The van der Waals surface area contributed by atoms with Gasteiger partial charge >= 0.3 is 0 Å². The number of benzene rings is 2. The van der Waals surface area contributed by atoms with Crippen LogP contribution in [0.3, 0.4) is 0 Å². The number of nitrogens with one attached hydrogen (secondary N) is 1. The summed E-state index contributed by atoms with van der Waals surface area (Å²) in [5.74, 6) is 0.693. The van der Waals surface area contributed by atoms with E-state index in [0.717, 1.165) is 24.3 Å². The van der Waals surface area contributed by atoms with Crippen LogP contribution in [0.25, 0.3) is 0 Å². The van der Waals surface area contributed by atoms with E-state index in [9.17, 15) is 8.42 Å². The summed E-state index contributed by atoms with van der Waals surface area (Å²) in [4.78, 5) is 2.53. The van der Waals surface area contributed by atoms with Gasteiger partial charge in [0.15, 0.2) is 0 Å². The Morgan fingerprint density at radius 2 is 1.67 bits per heavy atom. The molecule has 3 rings (SSSR count). The van der Waals surface area contributed by atoms with Crippen LogP contribution in [-0.4, -0.2) is 41.8 Å². The molecule has 0 atom stereocenters. The predicted octanol–water partition coefficient (Wildman–Crippen LogP) is 3.26. The summed E-state index contributed by atoms with van der Waals surface area (Å²) in [6.45, 7) is 8.56. The molecular formula is C20H26N2O4S. The Bertz CT molecular complexity index is 918. The highest BCUT2D eigenvalue weighted by Gasteiger charge is 2.23. The van der Waals surface area contributed by atoms with Crippen LogP contribution in [-0.2, 0) is 14.8 Å². The number of methoxy groups -OCH3 is 1. The first-order chi connectivity index (χ1) is 12.8. The van der Waals surface area contributed by atoms with Gasteiger partial charge in [-0.25, -0.2) is 8.42 Å². The third-order valence-corrected chi connectivity index (χ3v) is 6.63. The molecule has 1 fully saturated rings. The van der Waals surface area contributed by atoms with Crippen LogP contribution in [0.5, 0.6) is 5.75 Å². The summed E-state index contributed by atoms with van der Waals surface area (Å²) in [6, 6.07) is 9.22. The maximum Gasteiger partial charge on any atom is 0.262 e. The van der Waals surface area contributed by atoms with Crippen molar-refractivity contribution >= 4 is 21.4 Å². The van der Waals surface area contributed by atoms with E-state index in [1.807, 2.05) is 19.1 Å². The van der Waals surface area contributed by atoms with Crippen LogP contribution in [0.1, 0.15) is 16.7 Å². The molecule has 27 heavy (non-hydrogen) atoms. The van der Waals surface area contributed by atoms with E-state index in [4.69, 9.17) is 9.47 Å². The number of rotatable bonds is 5. The topological polar surface area (TPSA) is 67.9 Å². The molecule has 2 aromatic carbocycles. The predicted molar refractivity (Wildman–Crippen MR) is 107 cm³/mol. The lowest BCUT2D eigenvalue weighted by atomic mass is 10.1. The Morgan fingerprint density at radius 3 is 2.26 bits per heavy atom. The molecule has 7 heteroatoms. The van der Waals surface area contributed by atoms with Crippen molar-refractivity contribution in [3.63, 3.8) is 0 Å². The average molecular weight is 391 g/mol. The number of sulfonamides is 1. The van der Waals surface area contributed by atoms with Crippen LogP contribution in [0.4, 0.5) is 11.4 Å². The van der Waals surface area contributed by atoms with E-state index in [1.165, 1.54) is 0 Å². The van der Waals surface area contributed by atoms with Gasteiger partial charge in [0, 0.05) is 24.5 Å². The lowest BCUT2D eigenvalue weighted by Gasteiger charge is -2.29. The molecule has 1 aliphatic heterocycles. The molecule has 6 nitrogen and oxygen atoms in total. The van der Waals surface area contributed by atoms with E-state index in [1.54, 1.807) is 39.2 Å². The third kappa shape index (κ3) is 4.04. The highest BCUT2D eigenvalue weighted by atomic mass is 32.2. The summed E-state index contributed by atoms with van der Waals surface area (Å²) in [5.41, 5.74) is 3.79. The monoisotopic (exact) mass is 390 g/mol. The second-order valence-corrected chi connectivity index (χ2v) is 8.35. The summed E-state index contributed by atoms with van der Waals surface area (Å²) in [5, 5.41) is 0. The molecule has 0 spiro atoms. The van der Waals surface area contributed by atoms with Gasteiger partial charge in [0.05, 0.1) is 25.2 Å². The number of nitrogens with zero attached hydrogens (tertiary/aromatic N) is 1. The molecule has 0 radical (unpaired) electrons. The number of ether oxygens (including phenoxy) is 2. The molecule has 0 aromatic heterocycles. The number of hydrogen-bond acceptors (Lipinski definition) is 5. The average Bonchev–Trinajstić information content (AvgIpc) is 2.65. The summed E-state index contributed by atoms with van der Waals surface area (Å²) >= 11 is 0. The van der Waals surface area contributed by atoms with Gasteiger partial charge in [0.1, 0.15) is 5.75 Å². The van der Waals surface area contributed by atoms with Gasteiger partial charge in [-0.3, -0.25) is 4.72 Å². The van der Waals surface area contributed by atoms with Crippen molar-refractivity contribution in [2.75, 3.05) is 43.0 Å². The van der Waals surface area contributed by atoms with Crippen molar-refractivity contribution in [3.8, 4) is 5.75 Å². The molecule has 0 aliphatic carbocycles. The van der Waals surface area contributed by atoms with Crippen molar-refractivity contribution < 1.29 is 17.9 Å². The zero-order chi connectivity index (χ0) is 19.6. The number of hydrogen-bond donors (Lipinski definition) is 1. The summed E-state index contributed by atoms with van der Waals surface area (Å²) in [7, 11) is -2.11. The smallest absolute Gasteiger partial charge is 0.262 e. The Morgan fingerprint density at radius 1 is 1.04 bits per heavy atom. The second kappa shape index (κ2) is 7.78. The third-order valence-electron chi connectivity index (χ3n) is 4.96. The maximum atomic E-state index is 13.0. The molecule has 0 unspecified atom stereocenters. The van der Waals surface area contributed by atoms with Crippen LogP contribution in [0, 0.1) is 20.8 Å². The molecule has 1 aliphatic rings. The van der Waals surface area contributed by atoms with Crippen molar-refractivity contribution in [2.45, 2.75) is 25.7 Å². The highest BCUT2D eigenvalue weighted by Crippen LogP contribution is 2.31.